The van der Waals surface area contributed by atoms with Gasteiger partial charge in [0.25, 0.3) is 5.91 Å². The molecule has 4 N–H and O–H groups in total. The number of nitrogens with one attached hydrogen (secondary N) is 2. The van der Waals surface area contributed by atoms with Gasteiger partial charge in [-0.2, -0.15) is 0 Å². The Bertz CT molecular complexity index is 1600. The van der Waals surface area contributed by atoms with E-state index in [2.05, 4.69) is 20.6 Å². The van der Waals surface area contributed by atoms with Crippen LogP contribution in [0.5, 0.6) is 5.75 Å². The number of imidazole rings is 1. The van der Waals surface area contributed by atoms with Crippen molar-refractivity contribution in [3.05, 3.63) is 71.9 Å². The van der Waals surface area contributed by atoms with E-state index in [9.17, 15) is 14.0 Å². The summed E-state index contributed by atoms with van der Waals surface area (Å²) in [6.07, 6.45) is 7.10. The Morgan fingerprint density at radius 1 is 1.17 bits per heavy atom. The summed E-state index contributed by atoms with van der Waals surface area (Å²) >= 11 is 0. The fourth-order valence-electron chi connectivity index (χ4n) is 5.36. The van der Waals surface area contributed by atoms with Crippen LogP contribution in [0.2, 0.25) is 0 Å². The number of ether oxygens (including phenoxy) is 1. The molecule has 1 unspecified atom stereocenters. The lowest BCUT2D eigenvalue weighted by Gasteiger charge is -2.32. The van der Waals surface area contributed by atoms with Crippen molar-refractivity contribution in [1.29, 1.82) is 0 Å². The monoisotopic (exact) mass is 573 g/mol. The number of nitrogens with two attached hydrogens (primary N) is 1. The van der Waals surface area contributed by atoms with E-state index in [1.54, 1.807) is 30.7 Å². The number of hydrogen-bond donors (Lipinski definition) is 3. The molecule has 1 saturated heterocycles. The van der Waals surface area contributed by atoms with Crippen molar-refractivity contribution < 1.29 is 18.7 Å². The van der Waals surface area contributed by atoms with Crippen molar-refractivity contribution in [3.8, 4) is 17.0 Å². The van der Waals surface area contributed by atoms with Crippen molar-refractivity contribution in [2.24, 2.45) is 11.7 Å². The third kappa shape index (κ3) is 6.06. The maximum Gasteiger partial charge on any atom is 0.254 e. The molecule has 1 aliphatic heterocycles. The van der Waals surface area contributed by atoms with Gasteiger partial charge in [-0.05, 0) is 81.6 Å². The Balaban J connectivity index is 1.26. The zero-order valence-corrected chi connectivity index (χ0v) is 24.1. The summed E-state index contributed by atoms with van der Waals surface area (Å²) in [7, 11) is 1.43. The number of halogens is 1. The molecule has 0 spiro atoms. The minimum atomic E-state index is -0.453. The van der Waals surface area contributed by atoms with Crippen LogP contribution in [0.25, 0.3) is 16.9 Å². The summed E-state index contributed by atoms with van der Waals surface area (Å²) in [6.45, 7) is 5.46. The van der Waals surface area contributed by atoms with Gasteiger partial charge < -0.3 is 26.0 Å². The lowest BCUT2D eigenvalue weighted by molar-refractivity contribution is -0.126. The minimum Gasteiger partial charge on any atom is -0.494 e. The topological polar surface area (TPSA) is 127 Å². The Morgan fingerprint density at radius 2 is 1.95 bits per heavy atom. The molecule has 0 aliphatic carbocycles. The zero-order valence-electron chi connectivity index (χ0n) is 24.1. The Kier molecular flexibility index (Phi) is 8.67. The van der Waals surface area contributed by atoms with Crippen molar-refractivity contribution in [1.82, 2.24) is 24.6 Å². The molecule has 3 heterocycles. The van der Waals surface area contributed by atoms with Gasteiger partial charge in [-0.15, -0.1) is 0 Å². The van der Waals surface area contributed by atoms with E-state index >= 15 is 0 Å². The molecule has 0 radical (unpaired) electrons. The van der Waals surface area contributed by atoms with Gasteiger partial charge in [0.05, 0.1) is 19.0 Å². The molecule has 42 heavy (non-hydrogen) atoms. The SMILES string of the molecule is COc1ccc(-c2cnc3c(Nc4ccc(C(=O)N5CCC(C(=O)NC(C)CCN)CC5)c(C)c4)nccn23)cc1F. The molecular formula is C31H36FN7O3. The van der Waals surface area contributed by atoms with Crippen LogP contribution in [-0.4, -0.2) is 63.9 Å². The number of carbonyl (C=O) groups is 2. The summed E-state index contributed by atoms with van der Waals surface area (Å²) in [4.78, 5) is 36.7. The molecule has 220 valence electrons. The number of hydrogen-bond acceptors (Lipinski definition) is 7. The molecule has 1 aliphatic rings. The number of likely N-dealkylation sites (tertiary alicyclic amines) is 1. The Morgan fingerprint density at radius 3 is 2.64 bits per heavy atom. The number of piperidine rings is 1. The number of aromatic nitrogens is 3. The van der Waals surface area contributed by atoms with Gasteiger partial charge in [0.2, 0.25) is 5.91 Å². The molecular weight excluding hydrogens is 537 g/mol. The quantitative estimate of drug-likeness (QED) is 0.272. The number of methoxy groups -OCH3 is 1. The fourth-order valence-corrected chi connectivity index (χ4v) is 5.36. The van der Waals surface area contributed by atoms with Crippen LogP contribution in [-0.2, 0) is 4.79 Å². The zero-order chi connectivity index (χ0) is 29.8. The number of nitrogens with zero attached hydrogens (tertiary/aromatic N) is 4. The summed E-state index contributed by atoms with van der Waals surface area (Å²) in [5.41, 5.74) is 9.73. The number of aryl methyl sites for hydroxylation is 1. The van der Waals surface area contributed by atoms with Gasteiger partial charge in [-0.3, -0.25) is 14.0 Å². The minimum absolute atomic E-state index is 0.0408. The van der Waals surface area contributed by atoms with E-state index in [1.165, 1.54) is 13.2 Å². The molecule has 0 bridgehead atoms. The van der Waals surface area contributed by atoms with Gasteiger partial charge >= 0.3 is 0 Å². The number of anilines is 2. The third-order valence-corrected chi connectivity index (χ3v) is 7.74. The highest BCUT2D eigenvalue weighted by Gasteiger charge is 2.29. The van der Waals surface area contributed by atoms with E-state index in [1.807, 2.05) is 41.3 Å². The number of amides is 2. The maximum atomic E-state index is 14.3. The fraction of sp³-hybridized carbons (Fsp3) is 0.355. The second kappa shape index (κ2) is 12.6. The van der Waals surface area contributed by atoms with E-state index in [-0.39, 0.29) is 29.5 Å². The van der Waals surface area contributed by atoms with Crippen LogP contribution in [0.15, 0.2) is 55.0 Å². The van der Waals surface area contributed by atoms with Crippen LogP contribution < -0.4 is 21.1 Å². The first-order valence-corrected chi connectivity index (χ1v) is 14.1. The van der Waals surface area contributed by atoms with E-state index < -0.39 is 5.82 Å². The number of carbonyl (C=O) groups excluding carboxylic acids is 2. The molecule has 4 aromatic rings. The Hall–Kier alpha value is -4.51. The van der Waals surface area contributed by atoms with Crippen molar-refractivity contribution >= 4 is 29.0 Å². The standard InChI is InChI=1S/C31H36FN7O3/c1-19-16-23(5-6-24(19)31(41)38-13-9-21(10-14-38)30(40)36-20(2)8-11-33)37-28-29-35-18-26(39(29)15-12-34-28)22-4-7-27(42-3)25(32)17-22/h4-7,12,15-18,20-21H,8-11,13-14,33H2,1-3H3,(H,34,37)(H,36,40). The lowest BCUT2D eigenvalue weighted by atomic mass is 9.94. The van der Waals surface area contributed by atoms with E-state index in [0.29, 0.717) is 60.8 Å². The van der Waals surface area contributed by atoms with Crippen LogP contribution in [0, 0.1) is 18.7 Å². The molecule has 10 nitrogen and oxygen atoms in total. The van der Waals surface area contributed by atoms with Gasteiger partial charge in [0.1, 0.15) is 0 Å². The molecule has 2 aromatic carbocycles. The summed E-state index contributed by atoms with van der Waals surface area (Å²) < 4.78 is 21.2. The summed E-state index contributed by atoms with van der Waals surface area (Å²) in [5.74, 6) is 0.152. The molecule has 5 rings (SSSR count). The highest BCUT2D eigenvalue weighted by molar-refractivity contribution is 5.96. The maximum absolute atomic E-state index is 14.3. The van der Waals surface area contributed by atoms with Crippen molar-refractivity contribution in [2.45, 2.75) is 39.2 Å². The number of fused-ring (bicyclic) bond motifs is 1. The van der Waals surface area contributed by atoms with Crippen LogP contribution in [0.4, 0.5) is 15.9 Å². The summed E-state index contributed by atoms with van der Waals surface area (Å²) in [6, 6.07) is 10.4. The highest BCUT2D eigenvalue weighted by Crippen LogP contribution is 2.29. The van der Waals surface area contributed by atoms with Crippen molar-refractivity contribution in [3.63, 3.8) is 0 Å². The average molecular weight is 574 g/mol. The predicted octanol–water partition coefficient (Wildman–Crippen LogP) is 4.30. The number of benzene rings is 2. The largest absolute Gasteiger partial charge is 0.494 e. The highest BCUT2D eigenvalue weighted by atomic mass is 19.1. The summed E-state index contributed by atoms with van der Waals surface area (Å²) in [5, 5.41) is 6.33. The second-order valence-corrected chi connectivity index (χ2v) is 10.7. The first-order chi connectivity index (χ1) is 20.3. The van der Waals surface area contributed by atoms with E-state index in [4.69, 9.17) is 10.5 Å². The van der Waals surface area contributed by atoms with E-state index in [0.717, 1.165) is 17.7 Å². The van der Waals surface area contributed by atoms with Gasteiger partial charge in [0, 0.05) is 54.3 Å². The van der Waals surface area contributed by atoms with Gasteiger partial charge in [0.15, 0.2) is 23.0 Å². The first-order valence-electron chi connectivity index (χ1n) is 14.1. The van der Waals surface area contributed by atoms with Crippen molar-refractivity contribution in [2.75, 3.05) is 32.1 Å². The molecule has 1 atom stereocenters. The molecule has 11 heteroatoms. The lowest BCUT2D eigenvalue weighted by Crippen LogP contribution is -2.45. The van der Waals surface area contributed by atoms with Crippen LogP contribution in [0.3, 0.4) is 0 Å². The molecule has 2 amide bonds. The smallest absolute Gasteiger partial charge is 0.254 e. The third-order valence-electron chi connectivity index (χ3n) is 7.74. The predicted molar refractivity (Wildman–Crippen MR) is 159 cm³/mol. The van der Waals surface area contributed by atoms with Crippen LogP contribution >= 0.6 is 0 Å². The molecule has 2 aromatic heterocycles. The second-order valence-electron chi connectivity index (χ2n) is 10.7. The van der Waals surface area contributed by atoms with Gasteiger partial charge in [-0.1, -0.05) is 0 Å². The first kappa shape index (κ1) is 29.0. The van der Waals surface area contributed by atoms with Crippen LogP contribution in [0.1, 0.15) is 42.1 Å². The number of rotatable bonds is 9. The Labute approximate surface area is 244 Å². The van der Waals surface area contributed by atoms with Gasteiger partial charge in [-0.25, -0.2) is 14.4 Å². The molecule has 0 saturated carbocycles. The average Bonchev–Trinajstić information content (AvgIpc) is 3.42. The normalized spacial score (nSPS) is 14.5. The molecule has 1 fully saturated rings.